The van der Waals surface area contributed by atoms with Gasteiger partial charge in [-0.2, -0.15) is 0 Å². The van der Waals surface area contributed by atoms with E-state index < -0.39 is 6.10 Å². The van der Waals surface area contributed by atoms with Gasteiger partial charge in [-0.3, -0.25) is 9.78 Å². The number of ether oxygens (including phenoxy) is 1. The first kappa shape index (κ1) is 13.5. The van der Waals surface area contributed by atoms with E-state index in [1.165, 1.54) is 7.11 Å². The fourth-order valence-electron chi connectivity index (χ4n) is 1.93. The number of fused-ring (bicyclic) bond motifs is 1. The van der Waals surface area contributed by atoms with Crippen LogP contribution in [0, 0.1) is 6.92 Å². The molecule has 0 bridgehead atoms. The number of aryl methyl sites for hydroxylation is 1. The molecule has 19 heavy (non-hydrogen) atoms. The number of rotatable bonds is 4. The molecule has 5 heteroatoms. The van der Waals surface area contributed by atoms with Crippen LogP contribution in [0.3, 0.4) is 0 Å². The molecule has 0 spiro atoms. The van der Waals surface area contributed by atoms with Crippen LogP contribution in [0.5, 0.6) is 0 Å². The number of hydrogen-bond donors (Lipinski definition) is 2. The van der Waals surface area contributed by atoms with Gasteiger partial charge in [0.25, 0.3) is 5.91 Å². The minimum Gasteiger partial charge on any atom is -0.370 e. The maximum Gasteiger partial charge on any atom is 0.254 e. The van der Waals surface area contributed by atoms with Crippen LogP contribution in [0.1, 0.15) is 5.69 Å². The highest BCUT2D eigenvalue weighted by molar-refractivity contribution is 6.02. The number of methoxy groups -OCH3 is 1. The average Bonchev–Trinajstić information content (AvgIpc) is 2.40. The Kier molecular flexibility index (Phi) is 4.09. The van der Waals surface area contributed by atoms with Crippen LogP contribution >= 0.6 is 0 Å². The van der Waals surface area contributed by atoms with Gasteiger partial charge in [0.15, 0.2) is 0 Å². The molecule has 0 radical (unpaired) electrons. The lowest BCUT2D eigenvalue weighted by Gasteiger charge is -2.14. The van der Waals surface area contributed by atoms with E-state index in [2.05, 4.69) is 10.3 Å². The number of benzene rings is 1. The Labute approximate surface area is 111 Å². The molecule has 1 aromatic carbocycles. The van der Waals surface area contributed by atoms with Crippen LogP contribution < -0.4 is 11.1 Å². The molecule has 3 N–H and O–H groups in total. The molecule has 0 fully saturated rings. The van der Waals surface area contributed by atoms with Crippen molar-refractivity contribution in [2.24, 2.45) is 5.73 Å². The number of aromatic nitrogens is 1. The Balaban J connectivity index is 2.37. The van der Waals surface area contributed by atoms with E-state index in [0.29, 0.717) is 0 Å². The zero-order valence-corrected chi connectivity index (χ0v) is 11.0. The third kappa shape index (κ3) is 2.89. The summed E-state index contributed by atoms with van der Waals surface area (Å²) >= 11 is 0. The van der Waals surface area contributed by atoms with Gasteiger partial charge in [0.1, 0.15) is 6.10 Å². The molecule has 100 valence electrons. The molecule has 5 nitrogen and oxygen atoms in total. The van der Waals surface area contributed by atoms with E-state index in [0.717, 1.165) is 22.3 Å². The number of anilines is 1. The molecule has 0 saturated carbocycles. The number of carbonyl (C=O) groups is 1. The summed E-state index contributed by atoms with van der Waals surface area (Å²) in [5.74, 6) is -0.249. The predicted molar refractivity (Wildman–Crippen MR) is 75.0 cm³/mol. The Hall–Kier alpha value is -1.98. The Bertz CT molecular complexity index is 594. The highest BCUT2D eigenvalue weighted by atomic mass is 16.5. The van der Waals surface area contributed by atoms with E-state index in [9.17, 15) is 4.79 Å². The molecule has 0 aliphatic rings. The third-order valence-electron chi connectivity index (χ3n) is 2.89. The number of nitrogens with two attached hydrogens (primary N) is 1. The molecule has 1 unspecified atom stereocenters. The largest absolute Gasteiger partial charge is 0.370 e. The SMILES string of the molecule is COC(CN)C(=O)Nc1cc(C)nc2ccccc12. The van der Waals surface area contributed by atoms with Crippen LogP contribution in [-0.4, -0.2) is 30.6 Å². The normalized spacial score (nSPS) is 12.4. The van der Waals surface area contributed by atoms with Gasteiger partial charge in [0.05, 0.1) is 11.2 Å². The van der Waals surface area contributed by atoms with E-state index in [1.54, 1.807) is 0 Å². The predicted octanol–water partition coefficient (Wildman–Crippen LogP) is 1.46. The van der Waals surface area contributed by atoms with Crippen LogP contribution in [0.4, 0.5) is 5.69 Å². The first-order valence-corrected chi connectivity index (χ1v) is 6.06. The lowest BCUT2D eigenvalue weighted by molar-refractivity contribution is -0.125. The molecule has 0 aliphatic carbocycles. The molecule has 1 amide bonds. The maximum absolute atomic E-state index is 12.0. The summed E-state index contributed by atoms with van der Waals surface area (Å²) in [5.41, 5.74) is 7.90. The van der Waals surface area contributed by atoms with Crippen molar-refractivity contribution in [1.29, 1.82) is 0 Å². The second-order valence-electron chi connectivity index (χ2n) is 4.28. The Morgan fingerprint density at radius 3 is 2.89 bits per heavy atom. The molecule has 0 aliphatic heterocycles. The number of pyridine rings is 1. The van der Waals surface area contributed by atoms with Gasteiger partial charge in [-0.1, -0.05) is 18.2 Å². The van der Waals surface area contributed by atoms with Crippen molar-refractivity contribution in [3.63, 3.8) is 0 Å². The van der Waals surface area contributed by atoms with E-state index >= 15 is 0 Å². The zero-order valence-electron chi connectivity index (χ0n) is 11.0. The summed E-state index contributed by atoms with van der Waals surface area (Å²) in [5, 5.41) is 3.74. The zero-order chi connectivity index (χ0) is 13.8. The smallest absolute Gasteiger partial charge is 0.254 e. The summed E-state index contributed by atoms with van der Waals surface area (Å²) in [6.07, 6.45) is -0.646. The molecular weight excluding hydrogens is 242 g/mol. The minimum atomic E-state index is -0.646. The Morgan fingerprint density at radius 2 is 2.21 bits per heavy atom. The lowest BCUT2D eigenvalue weighted by Crippen LogP contribution is -2.36. The maximum atomic E-state index is 12.0. The van der Waals surface area contributed by atoms with E-state index in [4.69, 9.17) is 10.5 Å². The number of hydrogen-bond acceptors (Lipinski definition) is 4. The second-order valence-corrected chi connectivity index (χ2v) is 4.28. The number of nitrogens with one attached hydrogen (secondary N) is 1. The number of carbonyl (C=O) groups excluding carboxylic acids is 1. The summed E-state index contributed by atoms with van der Waals surface area (Å²) in [6.45, 7) is 2.03. The molecule has 2 rings (SSSR count). The van der Waals surface area contributed by atoms with Crippen molar-refractivity contribution in [2.45, 2.75) is 13.0 Å². The molecular formula is C14H17N3O2. The van der Waals surface area contributed by atoms with Gasteiger partial charge in [-0.25, -0.2) is 0 Å². The van der Waals surface area contributed by atoms with Gasteiger partial charge >= 0.3 is 0 Å². The van der Waals surface area contributed by atoms with Crippen molar-refractivity contribution < 1.29 is 9.53 Å². The van der Waals surface area contributed by atoms with Crippen LogP contribution in [0.15, 0.2) is 30.3 Å². The fourth-order valence-corrected chi connectivity index (χ4v) is 1.93. The summed E-state index contributed by atoms with van der Waals surface area (Å²) < 4.78 is 5.02. The van der Waals surface area contributed by atoms with Crippen molar-refractivity contribution >= 4 is 22.5 Å². The van der Waals surface area contributed by atoms with E-state index in [-0.39, 0.29) is 12.5 Å². The molecule has 0 saturated heterocycles. The number of nitrogens with zero attached hydrogens (tertiary/aromatic N) is 1. The lowest BCUT2D eigenvalue weighted by atomic mass is 10.1. The second kappa shape index (κ2) is 5.77. The minimum absolute atomic E-state index is 0.143. The average molecular weight is 259 g/mol. The van der Waals surface area contributed by atoms with Crippen molar-refractivity contribution in [3.05, 3.63) is 36.0 Å². The van der Waals surface area contributed by atoms with Crippen molar-refractivity contribution in [1.82, 2.24) is 4.98 Å². The molecule has 1 atom stereocenters. The molecule has 1 heterocycles. The van der Waals surface area contributed by atoms with Crippen molar-refractivity contribution in [3.8, 4) is 0 Å². The highest BCUT2D eigenvalue weighted by Crippen LogP contribution is 2.23. The van der Waals surface area contributed by atoms with E-state index in [1.807, 2.05) is 37.3 Å². The number of para-hydroxylation sites is 1. The first-order chi connectivity index (χ1) is 9.15. The van der Waals surface area contributed by atoms with Crippen LogP contribution in [0.2, 0.25) is 0 Å². The monoisotopic (exact) mass is 259 g/mol. The molecule has 1 aromatic heterocycles. The van der Waals surface area contributed by atoms with Gasteiger partial charge in [-0.15, -0.1) is 0 Å². The molecule has 2 aromatic rings. The first-order valence-electron chi connectivity index (χ1n) is 6.06. The van der Waals surface area contributed by atoms with Gasteiger partial charge in [-0.05, 0) is 19.1 Å². The highest BCUT2D eigenvalue weighted by Gasteiger charge is 2.17. The van der Waals surface area contributed by atoms with Crippen molar-refractivity contribution in [2.75, 3.05) is 19.0 Å². The van der Waals surface area contributed by atoms with Gasteiger partial charge in [0.2, 0.25) is 0 Å². The fraction of sp³-hybridized carbons (Fsp3) is 0.286. The quantitative estimate of drug-likeness (QED) is 0.871. The van der Waals surface area contributed by atoms with Crippen LogP contribution in [-0.2, 0) is 9.53 Å². The summed E-state index contributed by atoms with van der Waals surface area (Å²) in [6, 6.07) is 9.49. The van der Waals surface area contributed by atoms with Gasteiger partial charge in [0, 0.05) is 24.7 Å². The Morgan fingerprint density at radius 1 is 1.47 bits per heavy atom. The summed E-state index contributed by atoms with van der Waals surface area (Å²) in [7, 11) is 1.47. The third-order valence-corrected chi connectivity index (χ3v) is 2.89. The standard InChI is InChI=1S/C14H17N3O2/c1-9-7-12(17-14(18)13(8-15)19-2)10-5-3-4-6-11(10)16-9/h3-7,13H,8,15H2,1-2H3,(H,16,17,18). The topological polar surface area (TPSA) is 77.2 Å². The number of amides is 1. The van der Waals surface area contributed by atoms with Crippen LogP contribution in [0.25, 0.3) is 10.9 Å². The summed E-state index contributed by atoms with van der Waals surface area (Å²) in [4.78, 5) is 16.4. The van der Waals surface area contributed by atoms with Gasteiger partial charge < -0.3 is 15.8 Å².